The lowest BCUT2D eigenvalue weighted by Gasteiger charge is -2.35. The molecule has 9 heteroatoms. The highest BCUT2D eigenvalue weighted by Crippen LogP contribution is 2.37. The molecule has 2 fully saturated rings. The van der Waals surface area contributed by atoms with Crippen LogP contribution in [0.4, 0.5) is 32.1 Å². The van der Waals surface area contributed by atoms with E-state index in [-0.39, 0.29) is 25.2 Å². The van der Waals surface area contributed by atoms with E-state index < -0.39 is 5.92 Å². The van der Waals surface area contributed by atoms with Gasteiger partial charge in [0.05, 0.1) is 6.54 Å². The average Bonchev–Trinajstić information content (AvgIpc) is 3.00. The van der Waals surface area contributed by atoms with Gasteiger partial charge in [-0.2, -0.15) is 9.97 Å². The molecule has 1 aromatic heterocycles. The standard InChI is InChI=1S/C20H25ClF2N6/c1-28(14-6-4-7-14)19-26-17(25-11-13-5-2-3-8-15(13)21)16(24)18(27-19)29-10-9-20(22,23)12-29/h2-3,5,8,14H,4,6-7,9-12,24H2,1H3,(H,25,26,27). The van der Waals surface area contributed by atoms with E-state index in [1.165, 1.54) is 6.42 Å². The molecule has 0 radical (unpaired) electrons. The summed E-state index contributed by atoms with van der Waals surface area (Å²) in [5.41, 5.74) is 7.50. The van der Waals surface area contributed by atoms with Crippen molar-refractivity contribution in [2.45, 2.75) is 44.2 Å². The lowest BCUT2D eigenvalue weighted by Crippen LogP contribution is -2.38. The van der Waals surface area contributed by atoms with E-state index in [1.54, 1.807) is 4.90 Å². The summed E-state index contributed by atoms with van der Waals surface area (Å²) in [6.07, 6.45) is 3.12. The molecule has 0 spiro atoms. The maximum absolute atomic E-state index is 13.8. The monoisotopic (exact) mass is 422 g/mol. The molecule has 1 aromatic carbocycles. The molecule has 0 bridgehead atoms. The van der Waals surface area contributed by atoms with Crippen LogP contribution in [0.2, 0.25) is 5.02 Å². The first kappa shape index (κ1) is 19.9. The number of anilines is 4. The molecular formula is C20H25ClF2N6. The Balaban J connectivity index is 1.65. The number of halogens is 3. The van der Waals surface area contributed by atoms with E-state index in [4.69, 9.17) is 17.3 Å². The molecule has 29 heavy (non-hydrogen) atoms. The number of alkyl halides is 2. The smallest absolute Gasteiger partial charge is 0.266 e. The quantitative estimate of drug-likeness (QED) is 0.728. The molecule has 1 saturated heterocycles. The number of aromatic nitrogens is 2. The summed E-state index contributed by atoms with van der Waals surface area (Å²) in [5, 5.41) is 3.86. The van der Waals surface area contributed by atoms with Crippen LogP contribution >= 0.6 is 11.6 Å². The van der Waals surface area contributed by atoms with Crippen LogP contribution in [0, 0.1) is 0 Å². The highest BCUT2D eigenvalue weighted by molar-refractivity contribution is 6.31. The summed E-state index contributed by atoms with van der Waals surface area (Å²) in [5.74, 6) is -1.44. The van der Waals surface area contributed by atoms with Gasteiger partial charge in [0.15, 0.2) is 11.6 Å². The van der Waals surface area contributed by atoms with Crippen LogP contribution in [0.3, 0.4) is 0 Å². The van der Waals surface area contributed by atoms with Crippen LogP contribution in [-0.4, -0.2) is 42.1 Å². The van der Waals surface area contributed by atoms with Crippen molar-refractivity contribution in [3.63, 3.8) is 0 Å². The zero-order valence-corrected chi connectivity index (χ0v) is 17.1. The lowest BCUT2D eigenvalue weighted by atomic mass is 9.92. The van der Waals surface area contributed by atoms with E-state index >= 15 is 0 Å². The topological polar surface area (TPSA) is 70.3 Å². The summed E-state index contributed by atoms with van der Waals surface area (Å²) in [6.45, 7) is 0.249. The Bertz CT molecular complexity index is 889. The Labute approximate surface area is 174 Å². The Kier molecular flexibility index (Phi) is 5.38. The maximum atomic E-state index is 13.8. The van der Waals surface area contributed by atoms with Gasteiger partial charge in [-0.15, -0.1) is 0 Å². The molecule has 2 aliphatic rings. The van der Waals surface area contributed by atoms with Crippen molar-refractivity contribution < 1.29 is 8.78 Å². The Hall–Kier alpha value is -2.35. The molecule has 1 aliphatic heterocycles. The number of nitrogen functional groups attached to an aromatic ring is 1. The van der Waals surface area contributed by atoms with Gasteiger partial charge in [0.2, 0.25) is 5.95 Å². The zero-order chi connectivity index (χ0) is 20.6. The number of nitrogens with two attached hydrogens (primary N) is 1. The van der Waals surface area contributed by atoms with E-state index in [0.717, 1.165) is 18.4 Å². The van der Waals surface area contributed by atoms with Gasteiger partial charge in [-0.25, -0.2) is 8.78 Å². The minimum absolute atomic E-state index is 0.202. The molecule has 2 aromatic rings. The fourth-order valence-corrected chi connectivity index (χ4v) is 3.86. The van der Waals surface area contributed by atoms with E-state index in [0.29, 0.717) is 35.2 Å². The third kappa shape index (κ3) is 4.17. The molecule has 156 valence electrons. The van der Waals surface area contributed by atoms with Crippen LogP contribution in [0.25, 0.3) is 0 Å². The Morgan fingerprint density at radius 1 is 1.31 bits per heavy atom. The van der Waals surface area contributed by atoms with Crippen LogP contribution in [0.5, 0.6) is 0 Å². The van der Waals surface area contributed by atoms with Gasteiger partial charge in [0.25, 0.3) is 5.92 Å². The van der Waals surface area contributed by atoms with Crippen molar-refractivity contribution in [2.24, 2.45) is 0 Å². The maximum Gasteiger partial charge on any atom is 0.266 e. The molecular weight excluding hydrogens is 398 g/mol. The second-order valence-corrected chi connectivity index (χ2v) is 8.18. The summed E-state index contributed by atoms with van der Waals surface area (Å²) in [4.78, 5) is 12.7. The number of nitrogens with one attached hydrogen (secondary N) is 1. The SMILES string of the molecule is CN(c1nc(NCc2ccccc2Cl)c(N)c(N2CCC(F)(F)C2)n1)C1CCC1. The predicted molar refractivity (Wildman–Crippen MR) is 113 cm³/mol. The summed E-state index contributed by atoms with van der Waals surface area (Å²) in [7, 11) is 1.94. The Morgan fingerprint density at radius 2 is 2.07 bits per heavy atom. The first-order chi connectivity index (χ1) is 13.8. The molecule has 0 atom stereocenters. The lowest BCUT2D eigenvalue weighted by molar-refractivity contribution is 0.0257. The molecule has 1 saturated carbocycles. The first-order valence-corrected chi connectivity index (χ1v) is 10.2. The first-order valence-electron chi connectivity index (χ1n) is 9.84. The zero-order valence-electron chi connectivity index (χ0n) is 16.3. The fraction of sp³-hybridized carbons (Fsp3) is 0.500. The molecule has 0 unspecified atom stereocenters. The van der Waals surface area contributed by atoms with Gasteiger partial charge in [-0.1, -0.05) is 29.8 Å². The van der Waals surface area contributed by atoms with Crippen molar-refractivity contribution in [2.75, 3.05) is 41.0 Å². The summed E-state index contributed by atoms with van der Waals surface area (Å²) in [6, 6.07) is 7.86. The number of rotatable bonds is 6. The molecule has 3 N–H and O–H groups in total. The fourth-order valence-electron chi connectivity index (χ4n) is 3.65. The predicted octanol–water partition coefficient (Wildman–Crippen LogP) is 4.16. The Morgan fingerprint density at radius 3 is 2.69 bits per heavy atom. The highest BCUT2D eigenvalue weighted by Gasteiger charge is 2.40. The van der Waals surface area contributed by atoms with E-state index in [9.17, 15) is 8.78 Å². The van der Waals surface area contributed by atoms with Crippen molar-refractivity contribution in [1.82, 2.24) is 9.97 Å². The summed E-state index contributed by atoms with van der Waals surface area (Å²) >= 11 is 6.24. The normalized spacial score (nSPS) is 18.6. The van der Waals surface area contributed by atoms with Crippen LogP contribution in [0.1, 0.15) is 31.2 Å². The number of hydrogen-bond acceptors (Lipinski definition) is 6. The number of nitrogens with zero attached hydrogens (tertiary/aromatic N) is 4. The third-order valence-corrected chi connectivity index (χ3v) is 6.09. The second-order valence-electron chi connectivity index (χ2n) is 7.78. The van der Waals surface area contributed by atoms with Crippen molar-refractivity contribution >= 4 is 34.9 Å². The van der Waals surface area contributed by atoms with Gasteiger partial charge in [-0.3, -0.25) is 0 Å². The minimum atomic E-state index is -2.73. The van der Waals surface area contributed by atoms with Gasteiger partial charge < -0.3 is 20.9 Å². The molecule has 1 aliphatic carbocycles. The second kappa shape index (κ2) is 7.82. The van der Waals surface area contributed by atoms with Gasteiger partial charge in [0.1, 0.15) is 5.69 Å². The van der Waals surface area contributed by atoms with Gasteiger partial charge in [-0.05, 0) is 30.9 Å². The van der Waals surface area contributed by atoms with Gasteiger partial charge >= 0.3 is 0 Å². The van der Waals surface area contributed by atoms with Crippen molar-refractivity contribution in [1.29, 1.82) is 0 Å². The van der Waals surface area contributed by atoms with Crippen LogP contribution < -0.4 is 20.9 Å². The highest BCUT2D eigenvalue weighted by atomic mass is 35.5. The van der Waals surface area contributed by atoms with Crippen LogP contribution in [-0.2, 0) is 6.54 Å². The molecule has 2 heterocycles. The van der Waals surface area contributed by atoms with Gasteiger partial charge in [0, 0.05) is 37.6 Å². The largest absolute Gasteiger partial charge is 0.393 e. The number of hydrogen-bond donors (Lipinski definition) is 2. The summed E-state index contributed by atoms with van der Waals surface area (Å²) < 4.78 is 27.6. The molecule has 6 nitrogen and oxygen atoms in total. The van der Waals surface area contributed by atoms with Crippen LogP contribution in [0.15, 0.2) is 24.3 Å². The van der Waals surface area contributed by atoms with Crippen molar-refractivity contribution in [3.8, 4) is 0 Å². The minimum Gasteiger partial charge on any atom is -0.393 e. The average molecular weight is 423 g/mol. The van der Waals surface area contributed by atoms with E-state index in [2.05, 4.69) is 15.3 Å². The molecule has 4 rings (SSSR count). The third-order valence-electron chi connectivity index (χ3n) is 5.72. The molecule has 0 amide bonds. The van der Waals surface area contributed by atoms with E-state index in [1.807, 2.05) is 36.2 Å². The number of benzene rings is 1. The van der Waals surface area contributed by atoms with Crippen molar-refractivity contribution in [3.05, 3.63) is 34.9 Å².